The van der Waals surface area contributed by atoms with Gasteiger partial charge in [0.2, 0.25) is 0 Å². The van der Waals surface area contributed by atoms with E-state index in [0.29, 0.717) is 19.6 Å². The van der Waals surface area contributed by atoms with Crippen LogP contribution in [0.25, 0.3) is 0 Å². The third-order valence-electron chi connectivity index (χ3n) is 4.25. The minimum atomic E-state index is -1.20. The molecule has 1 N–H and O–H groups in total. The molecule has 2 aliphatic heterocycles. The molecule has 2 fully saturated rings. The lowest BCUT2D eigenvalue weighted by Gasteiger charge is -2.40. The second-order valence-electron chi connectivity index (χ2n) is 6.69. The molecule has 124 valence electrons. The average Bonchev–Trinajstić information content (AvgIpc) is 2.93. The minimum Gasteiger partial charge on any atom is -0.384 e. The highest BCUT2D eigenvalue weighted by molar-refractivity contribution is 5.01. The first-order valence-electron chi connectivity index (χ1n) is 7.52. The fourth-order valence-electron chi connectivity index (χ4n) is 3.09. The van der Waals surface area contributed by atoms with Crippen LogP contribution in [0, 0.1) is 0 Å². The van der Waals surface area contributed by atoms with Crippen LogP contribution < -0.4 is 0 Å². The Bertz CT molecular complexity index is 369. The summed E-state index contributed by atoms with van der Waals surface area (Å²) in [4.78, 5) is 0. The molecule has 0 aliphatic carbocycles. The van der Waals surface area contributed by atoms with E-state index in [4.69, 9.17) is 23.7 Å². The molecule has 2 rings (SSSR count). The number of methoxy groups -OCH3 is 1. The summed E-state index contributed by atoms with van der Waals surface area (Å²) in [5, 5.41) is 11.2. The summed E-state index contributed by atoms with van der Waals surface area (Å²) in [6.45, 7) is 9.99. The van der Waals surface area contributed by atoms with Gasteiger partial charge in [-0.05, 0) is 34.1 Å². The van der Waals surface area contributed by atoms with Gasteiger partial charge in [-0.2, -0.15) is 0 Å². The highest BCUT2D eigenvalue weighted by atomic mass is 16.8. The van der Waals surface area contributed by atoms with Gasteiger partial charge in [-0.3, -0.25) is 0 Å². The molecule has 2 heterocycles. The lowest BCUT2D eigenvalue weighted by atomic mass is 9.84. The largest absolute Gasteiger partial charge is 0.384 e. The predicted molar refractivity (Wildman–Crippen MR) is 75.8 cm³/mol. The first-order valence-corrected chi connectivity index (χ1v) is 7.52. The van der Waals surface area contributed by atoms with Gasteiger partial charge < -0.3 is 28.8 Å². The zero-order valence-corrected chi connectivity index (χ0v) is 13.8. The van der Waals surface area contributed by atoms with E-state index in [-0.39, 0.29) is 6.10 Å². The Kier molecular flexibility index (Phi) is 4.69. The van der Waals surface area contributed by atoms with Crippen molar-refractivity contribution in [2.24, 2.45) is 0 Å². The van der Waals surface area contributed by atoms with Crippen molar-refractivity contribution in [3.8, 4) is 0 Å². The summed E-state index contributed by atoms with van der Waals surface area (Å²) >= 11 is 0. The van der Waals surface area contributed by atoms with Gasteiger partial charge in [0.1, 0.15) is 23.9 Å². The maximum Gasteiger partial charge on any atom is 0.163 e. The fourth-order valence-corrected chi connectivity index (χ4v) is 3.09. The molecular formula is C15H28O6. The lowest BCUT2D eigenvalue weighted by molar-refractivity contribution is -0.226. The monoisotopic (exact) mass is 304 g/mol. The van der Waals surface area contributed by atoms with Gasteiger partial charge in [0.15, 0.2) is 11.6 Å². The zero-order valence-electron chi connectivity index (χ0n) is 13.8. The number of hydrogen-bond acceptors (Lipinski definition) is 6. The number of aliphatic hydroxyl groups is 1. The molecular weight excluding hydrogens is 276 g/mol. The van der Waals surface area contributed by atoms with Crippen LogP contribution in [0.2, 0.25) is 0 Å². The molecule has 6 nitrogen and oxygen atoms in total. The van der Waals surface area contributed by atoms with E-state index in [9.17, 15) is 5.11 Å². The molecule has 0 aromatic carbocycles. The van der Waals surface area contributed by atoms with Crippen molar-refractivity contribution in [2.45, 2.75) is 76.5 Å². The summed E-state index contributed by atoms with van der Waals surface area (Å²) in [6.07, 6.45) is -0.889. The first kappa shape index (κ1) is 17.1. The third-order valence-corrected chi connectivity index (χ3v) is 4.25. The highest BCUT2D eigenvalue weighted by Crippen LogP contribution is 2.38. The molecule has 6 heteroatoms. The SMILES string of the molecule is CC[C@](O)([C@H](OC)[C@H]1COC(C)(C)O1)[C@H]1COC(C)(C)O1. The van der Waals surface area contributed by atoms with E-state index in [2.05, 4.69) is 0 Å². The van der Waals surface area contributed by atoms with Crippen molar-refractivity contribution in [1.29, 1.82) is 0 Å². The summed E-state index contributed by atoms with van der Waals surface area (Å²) in [7, 11) is 1.57. The van der Waals surface area contributed by atoms with Gasteiger partial charge in [0.25, 0.3) is 0 Å². The molecule has 0 bridgehead atoms. The Morgan fingerprint density at radius 1 is 1.14 bits per heavy atom. The zero-order chi connectivity index (χ0) is 15.9. The second kappa shape index (κ2) is 5.76. The van der Waals surface area contributed by atoms with E-state index in [1.807, 2.05) is 34.6 Å². The molecule has 0 unspecified atom stereocenters. The van der Waals surface area contributed by atoms with Crippen molar-refractivity contribution in [1.82, 2.24) is 0 Å². The van der Waals surface area contributed by atoms with Gasteiger partial charge in [0.05, 0.1) is 13.2 Å². The second-order valence-corrected chi connectivity index (χ2v) is 6.69. The molecule has 2 saturated heterocycles. The third kappa shape index (κ3) is 3.41. The van der Waals surface area contributed by atoms with E-state index in [0.717, 1.165) is 0 Å². The smallest absolute Gasteiger partial charge is 0.163 e. The molecule has 0 aromatic heterocycles. The van der Waals surface area contributed by atoms with Crippen LogP contribution >= 0.6 is 0 Å². The van der Waals surface area contributed by atoms with Crippen molar-refractivity contribution in [3.05, 3.63) is 0 Å². The minimum absolute atomic E-state index is 0.328. The van der Waals surface area contributed by atoms with Gasteiger partial charge in [-0.25, -0.2) is 0 Å². The van der Waals surface area contributed by atoms with Crippen molar-refractivity contribution in [2.75, 3.05) is 20.3 Å². The Balaban J connectivity index is 2.17. The summed E-state index contributed by atoms with van der Waals surface area (Å²) in [5.74, 6) is -1.36. The van der Waals surface area contributed by atoms with Crippen LogP contribution in [0.5, 0.6) is 0 Å². The topological polar surface area (TPSA) is 66.4 Å². The van der Waals surface area contributed by atoms with Crippen LogP contribution in [0.15, 0.2) is 0 Å². The average molecular weight is 304 g/mol. The normalized spacial score (nSPS) is 35.6. The molecule has 0 amide bonds. The van der Waals surface area contributed by atoms with Crippen LogP contribution in [0.4, 0.5) is 0 Å². The quantitative estimate of drug-likeness (QED) is 0.829. The molecule has 2 aliphatic rings. The summed E-state index contributed by atoms with van der Waals surface area (Å²) < 4.78 is 28.5. The molecule has 0 radical (unpaired) electrons. The van der Waals surface area contributed by atoms with Crippen LogP contribution in [0.1, 0.15) is 41.0 Å². The maximum atomic E-state index is 11.2. The van der Waals surface area contributed by atoms with Crippen molar-refractivity contribution < 1.29 is 28.8 Å². The van der Waals surface area contributed by atoms with Crippen molar-refractivity contribution in [3.63, 3.8) is 0 Å². The van der Waals surface area contributed by atoms with Gasteiger partial charge in [0, 0.05) is 7.11 Å². The standard InChI is InChI=1S/C15H28O6/c1-7-15(16,11-9-19-14(4,5)21-11)12(17-6)10-8-18-13(2,3)20-10/h10-12,16H,7-9H2,1-6H3/t10-,11-,12-,15-/m1/s1. The van der Waals surface area contributed by atoms with Crippen LogP contribution in [-0.2, 0) is 23.7 Å². The Labute approximate surface area is 126 Å². The molecule has 4 atom stereocenters. The molecule has 0 aromatic rings. The Hall–Kier alpha value is -0.240. The number of hydrogen-bond donors (Lipinski definition) is 1. The molecule has 0 saturated carbocycles. The lowest BCUT2D eigenvalue weighted by Crippen LogP contribution is -2.59. The Morgan fingerprint density at radius 2 is 1.71 bits per heavy atom. The van der Waals surface area contributed by atoms with Crippen LogP contribution in [-0.4, -0.2) is 60.9 Å². The highest BCUT2D eigenvalue weighted by Gasteiger charge is 2.54. The van der Waals surface area contributed by atoms with Gasteiger partial charge in [-0.15, -0.1) is 0 Å². The predicted octanol–water partition coefficient (Wildman–Crippen LogP) is 1.45. The van der Waals surface area contributed by atoms with Gasteiger partial charge >= 0.3 is 0 Å². The van der Waals surface area contributed by atoms with Crippen LogP contribution in [0.3, 0.4) is 0 Å². The number of rotatable bonds is 5. The Morgan fingerprint density at radius 3 is 2.10 bits per heavy atom. The van der Waals surface area contributed by atoms with E-state index >= 15 is 0 Å². The first-order chi connectivity index (χ1) is 9.63. The summed E-state index contributed by atoms with van der Waals surface area (Å²) in [5.41, 5.74) is -1.20. The van der Waals surface area contributed by atoms with E-state index < -0.39 is 29.4 Å². The summed E-state index contributed by atoms with van der Waals surface area (Å²) in [6, 6.07) is 0. The maximum absolute atomic E-state index is 11.2. The van der Waals surface area contributed by atoms with E-state index in [1.165, 1.54) is 0 Å². The van der Waals surface area contributed by atoms with E-state index in [1.54, 1.807) is 7.11 Å². The molecule has 21 heavy (non-hydrogen) atoms. The van der Waals surface area contributed by atoms with Gasteiger partial charge in [-0.1, -0.05) is 6.92 Å². The van der Waals surface area contributed by atoms with Crippen molar-refractivity contribution >= 4 is 0 Å². The number of ether oxygens (including phenoxy) is 5. The molecule has 0 spiro atoms. The fraction of sp³-hybridized carbons (Fsp3) is 1.00.